The molecule has 0 saturated carbocycles. The number of hydrogen-bond acceptors (Lipinski definition) is 4. The van der Waals surface area contributed by atoms with Crippen molar-refractivity contribution in [2.24, 2.45) is 0 Å². The van der Waals surface area contributed by atoms with E-state index in [4.69, 9.17) is 0 Å². The van der Waals surface area contributed by atoms with Crippen LogP contribution in [0.4, 0.5) is 5.69 Å². The highest BCUT2D eigenvalue weighted by atomic mass is 79.9. The van der Waals surface area contributed by atoms with Gasteiger partial charge < -0.3 is 5.32 Å². The summed E-state index contributed by atoms with van der Waals surface area (Å²) in [7, 11) is 0. The zero-order valence-corrected chi connectivity index (χ0v) is 13.1. The van der Waals surface area contributed by atoms with Crippen LogP contribution in [0.15, 0.2) is 38.6 Å². The maximum Gasteiger partial charge on any atom is 0.129 e. The van der Waals surface area contributed by atoms with E-state index in [2.05, 4.69) is 50.7 Å². The van der Waals surface area contributed by atoms with Gasteiger partial charge in [0.25, 0.3) is 0 Å². The smallest absolute Gasteiger partial charge is 0.129 e. The van der Waals surface area contributed by atoms with Crippen molar-refractivity contribution < 1.29 is 0 Å². The number of nitrogens with zero attached hydrogens (tertiary/aromatic N) is 1. The van der Waals surface area contributed by atoms with Gasteiger partial charge in [0.2, 0.25) is 0 Å². The molecule has 0 aliphatic carbocycles. The lowest BCUT2D eigenvalue weighted by atomic mass is 10.0. The van der Waals surface area contributed by atoms with Crippen LogP contribution in [-0.4, -0.2) is 10.2 Å². The van der Waals surface area contributed by atoms with Gasteiger partial charge in [-0.2, -0.15) is 0 Å². The standard InChI is InChI=1S/C13H13BrN2S2/c1-8-7-11(9-4-6-17-13(9)18-8)16-10-3-2-5-15-12(10)14/h2-6,8,11,16H,7H2,1H3/t8-,11?/m0/s1. The number of nitrogens with one attached hydrogen (secondary N) is 1. The normalized spacial score (nSPS) is 22.6. The van der Waals surface area contributed by atoms with Gasteiger partial charge >= 0.3 is 0 Å². The molecule has 18 heavy (non-hydrogen) atoms. The van der Waals surface area contributed by atoms with E-state index < -0.39 is 0 Å². The Labute approximate surface area is 123 Å². The Morgan fingerprint density at radius 2 is 2.33 bits per heavy atom. The Morgan fingerprint density at radius 3 is 3.17 bits per heavy atom. The molecule has 94 valence electrons. The van der Waals surface area contributed by atoms with E-state index in [0.29, 0.717) is 11.3 Å². The summed E-state index contributed by atoms with van der Waals surface area (Å²) in [5.74, 6) is 0. The van der Waals surface area contributed by atoms with Crippen molar-refractivity contribution in [3.8, 4) is 0 Å². The fraction of sp³-hybridized carbons (Fsp3) is 0.308. The minimum atomic E-state index is 0.392. The maximum atomic E-state index is 4.26. The Hall–Kier alpha value is -0.520. The zero-order valence-electron chi connectivity index (χ0n) is 9.89. The second-order valence-electron chi connectivity index (χ2n) is 4.37. The first kappa shape index (κ1) is 12.5. The molecule has 0 bridgehead atoms. The molecule has 3 heterocycles. The minimum Gasteiger partial charge on any atom is -0.376 e. The first-order valence-corrected chi connectivity index (χ1v) is 8.40. The van der Waals surface area contributed by atoms with Crippen LogP contribution in [0.2, 0.25) is 0 Å². The summed E-state index contributed by atoms with van der Waals surface area (Å²) in [5, 5.41) is 6.45. The number of thiophene rings is 1. The highest BCUT2D eigenvalue weighted by Gasteiger charge is 2.26. The van der Waals surface area contributed by atoms with E-state index in [-0.39, 0.29) is 0 Å². The molecule has 1 N–H and O–H groups in total. The number of hydrogen-bond donors (Lipinski definition) is 1. The molecule has 5 heteroatoms. The molecule has 2 aromatic rings. The van der Waals surface area contributed by atoms with Gasteiger partial charge in [-0.05, 0) is 51.5 Å². The SMILES string of the molecule is C[C@H]1CC(Nc2cccnc2Br)c2ccsc2S1. The Kier molecular flexibility index (Phi) is 3.63. The molecule has 1 unspecified atom stereocenters. The van der Waals surface area contributed by atoms with Crippen molar-refractivity contribution in [3.63, 3.8) is 0 Å². The number of pyridine rings is 1. The largest absolute Gasteiger partial charge is 0.376 e. The van der Waals surface area contributed by atoms with E-state index in [1.165, 1.54) is 9.77 Å². The number of thioether (sulfide) groups is 1. The average molecular weight is 341 g/mol. The summed E-state index contributed by atoms with van der Waals surface area (Å²) in [6, 6.07) is 6.65. The lowest BCUT2D eigenvalue weighted by Crippen LogP contribution is -2.19. The van der Waals surface area contributed by atoms with Gasteiger partial charge in [0.1, 0.15) is 4.60 Å². The van der Waals surface area contributed by atoms with Gasteiger partial charge in [-0.15, -0.1) is 23.1 Å². The van der Waals surface area contributed by atoms with E-state index in [1.807, 2.05) is 29.2 Å². The maximum absolute atomic E-state index is 4.26. The van der Waals surface area contributed by atoms with Crippen LogP contribution < -0.4 is 5.32 Å². The summed E-state index contributed by atoms with van der Waals surface area (Å²) < 4.78 is 2.33. The van der Waals surface area contributed by atoms with Crippen LogP contribution in [-0.2, 0) is 0 Å². The molecule has 3 rings (SSSR count). The Balaban J connectivity index is 1.88. The van der Waals surface area contributed by atoms with Gasteiger partial charge in [0, 0.05) is 11.4 Å². The van der Waals surface area contributed by atoms with E-state index in [1.54, 1.807) is 6.20 Å². The molecule has 0 radical (unpaired) electrons. The van der Waals surface area contributed by atoms with Gasteiger partial charge in [-0.3, -0.25) is 0 Å². The number of anilines is 1. The lowest BCUT2D eigenvalue weighted by Gasteiger charge is -2.28. The Bertz CT molecular complexity index is 555. The lowest BCUT2D eigenvalue weighted by molar-refractivity contribution is 0.669. The third kappa shape index (κ3) is 2.44. The first-order valence-electron chi connectivity index (χ1n) is 5.85. The van der Waals surface area contributed by atoms with Gasteiger partial charge in [-0.1, -0.05) is 6.92 Å². The molecule has 0 aromatic carbocycles. The van der Waals surface area contributed by atoms with Crippen LogP contribution in [0.3, 0.4) is 0 Å². The van der Waals surface area contributed by atoms with Crippen LogP contribution in [0.5, 0.6) is 0 Å². The molecule has 2 atom stereocenters. The summed E-state index contributed by atoms with van der Waals surface area (Å²) in [6.45, 7) is 2.29. The highest BCUT2D eigenvalue weighted by molar-refractivity contribution is 9.10. The van der Waals surface area contributed by atoms with E-state index in [9.17, 15) is 0 Å². The van der Waals surface area contributed by atoms with Crippen molar-refractivity contribution in [3.05, 3.63) is 39.9 Å². The molecule has 1 aliphatic heterocycles. The predicted octanol–water partition coefficient (Wildman–Crippen LogP) is 4.94. The first-order chi connectivity index (χ1) is 8.74. The number of rotatable bonds is 2. The fourth-order valence-corrected chi connectivity index (χ4v) is 5.10. The molecular formula is C13H13BrN2S2. The molecule has 2 nitrogen and oxygen atoms in total. The van der Waals surface area contributed by atoms with Crippen molar-refractivity contribution in [1.29, 1.82) is 0 Å². The van der Waals surface area contributed by atoms with E-state index >= 15 is 0 Å². The monoisotopic (exact) mass is 340 g/mol. The third-order valence-corrected chi connectivity index (χ3v) is 5.97. The number of aromatic nitrogens is 1. The van der Waals surface area contributed by atoms with Gasteiger partial charge in [0.05, 0.1) is 15.9 Å². The summed E-state index contributed by atoms with van der Waals surface area (Å²) in [6.07, 6.45) is 2.94. The molecular weight excluding hydrogens is 328 g/mol. The number of halogens is 1. The van der Waals surface area contributed by atoms with Gasteiger partial charge in [-0.25, -0.2) is 4.98 Å². The summed E-state index contributed by atoms with van der Waals surface area (Å²) in [5.41, 5.74) is 2.50. The average Bonchev–Trinajstić information content (AvgIpc) is 2.80. The van der Waals surface area contributed by atoms with Crippen molar-refractivity contribution in [1.82, 2.24) is 4.98 Å². The topological polar surface area (TPSA) is 24.9 Å². The third-order valence-electron chi connectivity index (χ3n) is 3.00. The second kappa shape index (κ2) is 5.23. The van der Waals surface area contributed by atoms with Gasteiger partial charge in [0.15, 0.2) is 0 Å². The number of fused-ring (bicyclic) bond motifs is 1. The van der Waals surface area contributed by atoms with Crippen molar-refractivity contribution >= 4 is 44.7 Å². The van der Waals surface area contributed by atoms with E-state index in [0.717, 1.165) is 16.7 Å². The molecule has 0 spiro atoms. The van der Waals surface area contributed by atoms with Crippen molar-refractivity contribution in [2.75, 3.05) is 5.32 Å². The Morgan fingerprint density at radius 1 is 1.44 bits per heavy atom. The van der Waals surface area contributed by atoms with Crippen LogP contribution >= 0.6 is 39.0 Å². The fourth-order valence-electron chi connectivity index (χ4n) is 2.17. The quantitative estimate of drug-likeness (QED) is 0.783. The van der Waals surface area contributed by atoms with Crippen LogP contribution in [0, 0.1) is 0 Å². The van der Waals surface area contributed by atoms with Crippen LogP contribution in [0.25, 0.3) is 0 Å². The predicted molar refractivity (Wildman–Crippen MR) is 82.6 cm³/mol. The summed E-state index contributed by atoms with van der Waals surface area (Å²) >= 11 is 7.32. The minimum absolute atomic E-state index is 0.392. The highest BCUT2D eigenvalue weighted by Crippen LogP contribution is 2.45. The molecule has 1 aliphatic rings. The molecule has 2 aromatic heterocycles. The summed E-state index contributed by atoms with van der Waals surface area (Å²) in [4.78, 5) is 4.26. The van der Waals surface area contributed by atoms with Crippen molar-refractivity contribution in [2.45, 2.75) is 28.8 Å². The zero-order chi connectivity index (χ0) is 12.5. The van der Waals surface area contributed by atoms with Crippen LogP contribution in [0.1, 0.15) is 24.9 Å². The second-order valence-corrected chi connectivity index (χ2v) is 7.74. The molecule has 0 amide bonds. The molecule has 0 saturated heterocycles. The molecule has 0 fully saturated rings.